The molecule has 0 unspecified atom stereocenters. The van der Waals surface area contributed by atoms with Crippen LogP contribution in [0.25, 0.3) is 109 Å². The Morgan fingerprint density at radius 3 is 1.33 bits per heavy atom. The highest BCUT2D eigenvalue weighted by atomic mass is 14.2. The molecule has 52 heavy (non-hydrogen) atoms. The molecule has 0 heterocycles. The number of rotatable bonds is 3. The van der Waals surface area contributed by atoms with Crippen LogP contribution >= 0.6 is 0 Å². The molecule has 11 aromatic carbocycles. The molecule has 0 saturated carbocycles. The van der Waals surface area contributed by atoms with Crippen molar-refractivity contribution >= 4 is 75.4 Å². The van der Waals surface area contributed by atoms with Gasteiger partial charge in [0.1, 0.15) is 0 Å². The fourth-order valence-corrected chi connectivity index (χ4v) is 8.70. The summed E-state index contributed by atoms with van der Waals surface area (Å²) < 4.78 is 0. The lowest BCUT2D eigenvalue weighted by atomic mass is 9.87. The molecule has 0 amide bonds. The van der Waals surface area contributed by atoms with Crippen molar-refractivity contribution in [3.63, 3.8) is 0 Å². The van der Waals surface area contributed by atoms with E-state index in [2.05, 4.69) is 194 Å². The van der Waals surface area contributed by atoms with Gasteiger partial charge in [0, 0.05) is 0 Å². The highest BCUT2D eigenvalue weighted by molar-refractivity contribution is 6.23. The summed E-state index contributed by atoms with van der Waals surface area (Å²) in [5.41, 5.74) is 7.49. The second-order valence-electron chi connectivity index (χ2n) is 14.1. The third kappa shape index (κ3) is 4.48. The van der Waals surface area contributed by atoms with Gasteiger partial charge in [0.2, 0.25) is 0 Å². The van der Waals surface area contributed by atoms with E-state index in [4.69, 9.17) is 0 Å². The minimum Gasteiger partial charge on any atom is -0.0616 e. The second-order valence-corrected chi connectivity index (χ2v) is 14.1. The average Bonchev–Trinajstić information content (AvgIpc) is 3.22. The van der Waals surface area contributed by atoms with Gasteiger partial charge in [-0.25, -0.2) is 0 Å². The molecule has 11 rings (SSSR count). The van der Waals surface area contributed by atoms with E-state index in [-0.39, 0.29) is 0 Å². The monoisotopic (exact) mass is 656 g/mol. The number of hydrogen-bond acceptors (Lipinski definition) is 0. The van der Waals surface area contributed by atoms with Crippen LogP contribution in [0.1, 0.15) is 0 Å². The van der Waals surface area contributed by atoms with Crippen LogP contribution in [0.4, 0.5) is 0 Å². The first-order chi connectivity index (χ1) is 25.8. The van der Waals surface area contributed by atoms with Crippen molar-refractivity contribution in [1.82, 2.24) is 0 Å². The first-order valence-corrected chi connectivity index (χ1v) is 18.1. The van der Waals surface area contributed by atoms with E-state index >= 15 is 0 Å². The molecule has 0 aliphatic carbocycles. The molecule has 0 aromatic heterocycles. The maximum absolute atomic E-state index is 2.41. The molecule has 0 atom stereocenters. The van der Waals surface area contributed by atoms with Crippen molar-refractivity contribution in [2.24, 2.45) is 0 Å². The summed E-state index contributed by atoms with van der Waals surface area (Å²) in [6, 6.07) is 72.0. The Morgan fingerprint density at radius 2 is 0.615 bits per heavy atom. The molecule has 0 nitrogen and oxygen atoms in total. The van der Waals surface area contributed by atoms with E-state index in [0.29, 0.717) is 0 Å². The second kappa shape index (κ2) is 11.4. The zero-order chi connectivity index (χ0) is 34.2. The fraction of sp³-hybridized carbons (Fsp3) is 0. The smallest absolute Gasteiger partial charge is 0.00264 e. The number of benzene rings is 11. The minimum atomic E-state index is 1.23. The van der Waals surface area contributed by atoms with Crippen LogP contribution < -0.4 is 0 Å². The van der Waals surface area contributed by atoms with E-state index in [1.165, 1.54) is 109 Å². The molecule has 0 radical (unpaired) electrons. The molecule has 0 heteroatoms. The summed E-state index contributed by atoms with van der Waals surface area (Å²) in [6.07, 6.45) is 0. The maximum atomic E-state index is 2.41. The van der Waals surface area contributed by atoms with E-state index in [1.807, 2.05) is 0 Å². The van der Waals surface area contributed by atoms with Crippen LogP contribution in [-0.4, -0.2) is 0 Å². The normalized spacial score (nSPS) is 11.8. The Kier molecular flexibility index (Phi) is 6.35. The van der Waals surface area contributed by atoms with Crippen LogP contribution in [-0.2, 0) is 0 Å². The van der Waals surface area contributed by atoms with E-state index < -0.39 is 0 Å². The molecule has 0 N–H and O–H groups in total. The lowest BCUT2D eigenvalue weighted by Crippen LogP contribution is -1.89. The standard InChI is InChI=1S/C52H32/c1-6-16-44-33(11-1)21-26-40-31-51(47-19-9-10-20-48(47)52(40)44)41-29-36-12-2-5-15-43(36)49(32-41)38-24-22-35-28-39(25-23-34(35)27-38)50-30-37-13-3-4-14-42(37)45-17-7-8-18-46(45)50/h1-32H. The van der Waals surface area contributed by atoms with Gasteiger partial charge in [0.25, 0.3) is 0 Å². The van der Waals surface area contributed by atoms with Crippen LogP contribution in [0, 0.1) is 0 Å². The highest BCUT2D eigenvalue weighted by Crippen LogP contribution is 2.42. The Hall–Kier alpha value is -6.76. The quantitative estimate of drug-likeness (QED) is 0.166. The summed E-state index contributed by atoms with van der Waals surface area (Å²) in [6.45, 7) is 0. The SMILES string of the molecule is c1ccc2c(-c3ccc4cc(-c5cc6ccccc6c6ccccc56)ccc4c3)cc(-c3cc4ccc5ccccc5c4c4ccccc34)cc2c1. The molecule has 0 aliphatic heterocycles. The Bertz CT molecular complexity index is 3240. The molecular formula is C52H32. The summed E-state index contributed by atoms with van der Waals surface area (Å²) in [7, 11) is 0. The molecule has 0 aliphatic rings. The van der Waals surface area contributed by atoms with Crippen molar-refractivity contribution in [3.8, 4) is 33.4 Å². The van der Waals surface area contributed by atoms with E-state index in [1.54, 1.807) is 0 Å². The molecular weight excluding hydrogens is 625 g/mol. The highest BCUT2D eigenvalue weighted by Gasteiger charge is 2.15. The topological polar surface area (TPSA) is 0 Å². The van der Waals surface area contributed by atoms with Gasteiger partial charge in [-0.2, -0.15) is 0 Å². The summed E-state index contributed by atoms with van der Waals surface area (Å²) in [5.74, 6) is 0. The fourth-order valence-electron chi connectivity index (χ4n) is 8.70. The molecule has 0 saturated heterocycles. The lowest BCUT2D eigenvalue weighted by Gasteiger charge is -2.16. The van der Waals surface area contributed by atoms with Gasteiger partial charge in [-0.15, -0.1) is 0 Å². The van der Waals surface area contributed by atoms with Crippen LogP contribution in [0.3, 0.4) is 0 Å². The third-order valence-electron chi connectivity index (χ3n) is 11.2. The summed E-state index contributed by atoms with van der Waals surface area (Å²) in [5, 5.41) is 17.9. The van der Waals surface area contributed by atoms with Crippen LogP contribution in [0.5, 0.6) is 0 Å². The average molecular weight is 657 g/mol. The number of fused-ring (bicyclic) bond motifs is 10. The van der Waals surface area contributed by atoms with Gasteiger partial charge >= 0.3 is 0 Å². The minimum absolute atomic E-state index is 1.23. The van der Waals surface area contributed by atoms with Crippen molar-refractivity contribution < 1.29 is 0 Å². The van der Waals surface area contributed by atoms with Gasteiger partial charge in [0.05, 0.1) is 0 Å². The zero-order valence-electron chi connectivity index (χ0n) is 28.5. The summed E-state index contributed by atoms with van der Waals surface area (Å²) in [4.78, 5) is 0. The largest absolute Gasteiger partial charge is 0.0616 e. The zero-order valence-corrected chi connectivity index (χ0v) is 28.5. The van der Waals surface area contributed by atoms with Crippen molar-refractivity contribution in [3.05, 3.63) is 194 Å². The third-order valence-corrected chi connectivity index (χ3v) is 11.2. The van der Waals surface area contributed by atoms with E-state index in [0.717, 1.165) is 0 Å². The predicted molar refractivity (Wildman–Crippen MR) is 225 cm³/mol. The molecule has 0 fully saturated rings. The van der Waals surface area contributed by atoms with Gasteiger partial charge in [-0.3, -0.25) is 0 Å². The first kappa shape index (κ1) is 29.0. The number of hydrogen-bond donors (Lipinski definition) is 0. The van der Waals surface area contributed by atoms with Crippen molar-refractivity contribution in [2.75, 3.05) is 0 Å². The maximum Gasteiger partial charge on any atom is -0.00264 e. The van der Waals surface area contributed by atoms with Crippen LogP contribution in [0.15, 0.2) is 194 Å². The lowest BCUT2D eigenvalue weighted by molar-refractivity contribution is 1.65. The van der Waals surface area contributed by atoms with Gasteiger partial charge in [-0.05, 0) is 145 Å². The van der Waals surface area contributed by atoms with Gasteiger partial charge < -0.3 is 0 Å². The molecule has 0 spiro atoms. The first-order valence-electron chi connectivity index (χ1n) is 18.1. The predicted octanol–water partition coefficient (Wildman–Crippen LogP) is 14.8. The Morgan fingerprint density at radius 1 is 0.192 bits per heavy atom. The molecule has 240 valence electrons. The van der Waals surface area contributed by atoms with Crippen LogP contribution in [0.2, 0.25) is 0 Å². The Labute approximate surface area is 301 Å². The van der Waals surface area contributed by atoms with Gasteiger partial charge in [0.15, 0.2) is 0 Å². The molecule has 0 bridgehead atoms. The van der Waals surface area contributed by atoms with E-state index in [9.17, 15) is 0 Å². The molecule has 11 aromatic rings. The van der Waals surface area contributed by atoms with Crippen molar-refractivity contribution in [1.29, 1.82) is 0 Å². The van der Waals surface area contributed by atoms with Crippen molar-refractivity contribution in [2.45, 2.75) is 0 Å². The Balaban J connectivity index is 1.09. The van der Waals surface area contributed by atoms with Gasteiger partial charge in [-0.1, -0.05) is 158 Å². The summed E-state index contributed by atoms with van der Waals surface area (Å²) >= 11 is 0.